The fraction of sp³-hybridized carbons (Fsp3) is 0.500. The quantitative estimate of drug-likeness (QED) is 0.788. The van der Waals surface area contributed by atoms with Crippen LogP contribution < -0.4 is 5.73 Å². The highest BCUT2D eigenvalue weighted by Crippen LogP contribution is 2.19. The van der Waals surface area contributed by atoms with Gasteiger partial charge in [-0.25, -0.2) is 4.98 Å². The summed E-state index contributed by atoms with van der Waals surface area (Å²) in [5.41, 5.74) is 5.09. The molecule has 0 fully saturated rings. The molecule has 1 heterocycles. The summed E-state index contributed by atoms with van der Waals surface area (Å²) in [7, 11) is 0. The number of ketones is 1. The SMILES string of the molecule is CCC(O)(CC)C(=O)Cc1cccnc1N. The van der Waals surface area contributed by atoms with Gasteiger partial charge in [-0.3, -0.25) is 4.79 Å². The van der Waals surface area contributed by atoms with Gasteiger partial charge in [0, 0.05) is 18.2 Å². The average Bonchev–Trinajstić information content (AvgIpc) is 2.31. The molecule has 1 aromatic heterocycles. The highest BCUT2D eigenvalue weighted by Gasteiger charge is 2.31. The Hall–Kier alpha value is -1.42. The number of rotatable bonds is 5. The van der Waals surface area contributed by atoms with Crippen LogP contribution >= 0.6 is 0 Å². The third-order valence-electron chi connectivity index (χ3n) is 2.97. The van der Waals surface area contributed by atoms with Crippen molar-refractivity contribution >= 4 is 11.6 Å². The Morgan fingerprint density at radius 3 is 2.62 bits per heavy atom. The van der Waals surface area contributed by atoms with Crippen molar-refractivity contribution in [1.82, 2.24) is 4.98 Å². The van der Waals surface area contributed by atoms with Crippen molar-refractivity contribution in [2.75, 3.05) is 5.73 Å². The fourth-order valence-corrected chi connectivity index (χ4v) is 1.58. The van der Waals surface area contributed by atoms with E-state index in [1.807, 2.05) is 0 Å². The summed E-state index contributed by atoms with van der Waals surface area (Å²) in [6, 6.07) is 3.49. The van der Waals surface area contributed by atoms with E-state index in [0.717, 1.165) is 0 Å². The van der Waals surface area contributed by atoms with Crippen molar-refractivity contribution in [2.24, 2.45) is 0 Å². The maximum atomic E-state index is 11.9. The van der Waals surface area contributed by atoms with Gasteiger partial charge in [0.05, 0.1) is 0 Å². The minimum atomic E-state index is -1.23. The molecule has 3 N–H and O–H groups in total. The highest BCUT2D eigenvalue weighted by atomic mass is 16.3. The molecule has 4 heteroatoms. The number of nitrogen functional groups attached to an aromatic ring is 1. The second kappa shape index (κ2) is 5.07. The van der Waals surface area contributed by atoms with Gasteiger partial charge in [-0.15, -0.1) is 0 Å². The first-order chi connectivity index (χ1) is 7.53. The van der Waals surface area contributed by atoms with E-state index < -0.39 is 5.60 Å². The van der Waals surface area contributed by atoms with Gasteiger partial charge in [0.25, 0.3) is 0 Å². The number of carbonyl (C=O) groups is 1. The standard InChI is InChI=1S/C12H18N2O2/c1-3-12(16,4-2)10(15)8-9-6-5-7-14-11(9)13/h5-7,16H,3-4,8H2,1-2H3,(H2,13,14). The molecule has 0 saturated heterocycles. The van der Waals surface area contributed by atoms with Crippen molar-refractivity contribution in [3.63, 3.8) is 0 Å². The minimum absolute atomic E-state index is 0.137. The van der Waals surface area contributed by atoms with Crippen molar-refractivity contribution in [3.8, 4) is 0 Å². The lowest BCUT2D eigenvalue weighted by Gasteiger charge is -2.23. The molecule has 0 radical (unpaired) electrons. The monoisotopic (exact) mass is 222 g/mol. The minimum Gasteiger partial charge on any atom is -0.383 e. The van der Waals surface area contributed by atoms with Crippen LogP contribution in [0.4, 0.5) is 5.82 Å². The molecule has 0 saturated carbocycles. The molecule has 16 heavy (non-hydrogen) atoms. The first kappa shape index (κ1) is 12.6. The molecule has 0 aliphatic heterocycles. The predicted molar refractivity (Wildman–Crippen MR) is 62.9 cm³/mol. The predicted octanol–water partition coefficient (Wildman–Crippen LogP) is 1.33. The number of nitrogens with two attached hydrogens (primary N) is 1. The summed E-state index contributed by atoms with van der Waals surface area (Å²) in [5, 5.41) is 10.0. The van der Waals surface area contributed by atoms with Crippen molar-refractivity contribution in [3.05, 3.63) is 23.9 Å². The molecule has 4 nitrogen and oxygen atoms in total. The van der Waals surface area contributed by atoms with Gasteiger partial charge in [-0.1, -0.05) is 19.9 Å². The molecule has 0 amide bonds. The van der Waals surface area contributed by atoms with Gasteiger partial charge < -0.3 is 10.8 Å². The average molecular weight is 222 g/mol. The van der Waals surface area contributed by atoms with E-state index >= 15 is 0 Å². The Balaban J connectivity index is 2.83. The molecule has 0 bridgehead atoms. The van der Waals surface area contributed by atoms with E-state index in [2.05, 4.69) is 4.98 Å². The number of Topliss-reactive ketones (excluding diaryl/α,β-unsaturated/α-hetero) is 1. The number of hydrogen-bond acceptors (Lipinski definition) is 4. The lowest BCUT2D eigenvalue weighted by Crippen LogP contribution is -2.38. The Kier molecular flexibility index (Phi) is 4.01. The molecule has 0 atom stereocenters. The Morgan fingerprint density at radius 2 is 2.12 bits per heavy atom. The largest absolute Gasteiger partial charge is 0.383 e. The number of carbonyl (C=O) groups excluding carboxylic acids is 1. The summed E-state index contributed by atoms with van der Waals surface area (Å²) < 4.78 is 0. The topological polar surface area (TPSA) is 76.2 Å². The third-order valence-corrected chi connectivity index (χ3v) is 2.97. The zero-order chi connectivity index (χ0) is 12.2. The fourth-order valence-electron chi connectivity index (χ4n) is 1.58. The van der Waals surface area contributed by atoms with Crippen molar-refractivity contribution in [2.45, 2.75) is 38.7 Å². The molecule has 0 aliphatic rings. The van der Waals surface area contributed by atoms with Crippen LogP contribution in [0.15, 0.2) is 18.3 Å². The zero-order valence-electron chi connectivity index (χ0n) is 9.73. The lowest BCUT2D eigenvalue weighted by atomic mass is 9.89. The third kappa shape index (κ3) is 2.58. The Labute approximate surface area is 95.5 Å². The highest BCUT2D eigenvalue weighted by molar-refractivity contribution is 5.89. The smallest absolute Gasteiger partial charge is 0.168 e. The molecule has 0 aromatic carbocycles. The lowest BCUT2D eigenvalue weighted by molar-refractivity contribution is -0.137. The molecule has 1 aromatic rings. The molecular weight excluding hydrogens is 204 g/mol. The number of pyridine rings is 1. The van der Waals surface area contributed by atoms with Crippen LogP contribution in [0.5, 0.6) is 0 Å². The molecule has 88 valence electrons. The van der Waals surface area contributed by atoms with Crippen molar-refractivity contribution in [1.29, 1.82) is 0 Å². The van der Waals surface area contributed by atoms with Crippen LogP contribution in [-0.2, 0) is 11.2 Å². The number of hydrogen-bond donors (Lipinski definition) is 2. The Morgan fingerprint density at radius 1 is 1.50 bits per heavy atom. The van der Waals surface area contributed by atoms with E-state index in [4.69, 9.17) is 5.73 Å². The summed E-state index contributed by atoms with van der Waals surface area (Å²) >= 11 is 0. The van der Waals surface area contributed by atoms with E-state index in [-0.39, 0.29) is 12.2 Å². The number of anilines is 1. The molecule has 1 rings (SSSR count). The summed E-state index contributed by atoms with van der Waals surface area (Å²) in [6.07, 6.45) is 2.55. The maximum Gasteiger partial charge on any atom is 0.168 e. The Bertz CT molecular complexity index is 373. The zero-order valence-corrected chi connectivity index (χ0v) is 9.73. The van der Waals surface area contributed by atoms with Crippen LogP contribution in [0.3, 0.4) is 0 Å². The van der Waals surface area contributed by atoms with Gasteiger partial charge in [0.2, 0.25) is 0 Å². The van der Waals surface area contributed by atoms with Gasteiger partial charge in [-0.05, 0) is 18.9 Å². The number of nitrogens with zero attached hydrogens (tertiary/aromatic N) is 1. The van der Waals surface area contributed by atoms with Crippen LogP contribution in [0, 0.1) is 0 Å². The molecule has 0 unspecified atom stereocenters. The number of aromatic nitrogens is 1. The van der Waals surface area contributed by atoms with Gasteiger partial charge in [-0.2, -0.15) is 0 Å². The normalized spacial score (nSPS) is 11.4. The van der Waals surface area contributed by atoms with Crippen LogP contribution in [-0.4, -0.2) is 21.5 Å². The van der Waals surface area contributed by atoms with Crippen molar-refractivity contribution < 1.29 is 9.90 Å². The van der Waals surface area contributed by atoms with E-state index in [1.54, 1.807) is 32.2 Å². The first-order valence-electron chi connectivity index (χ1n) is 5.48. The van der Waals surface area contributed by atoms with Gasteiger partial charge in [0.1, 0.15) is 11.4 Å². The van der Waals surface area contributed by atoms with Crippen LogP contribution in [0.2, 0.25) is 0 Å². The first-order valence-corrected chi connectivity index (χ1v) is 5.48. The molecule has 0 spiro atoms. The van der Waals surface area contributed by atoms with E-state index in [0.29, 0.717) is 24.2 Å². The van der Waals surface area contributed by atoms with Crippen LogP contribution in [0.1, 0.15) is 32.3 Å². The second-order valence-corrected chi connectivity index (χ2v) is 3.89. The summed E-state index contributed by atoms with van der Waals surface area (Å²) in [4.78, 5) is 15.8. The van der Waals surface area contributed by atoms with E-state index in [1.165, 1.54) is 0 Å². The van der Waals surface area contributed by atoms with Gasteiger partial charge >= 0.3 is 0 Å². The van der Waals surface area contributed by atoms with E-state index in [9.17, 15) is 9.90 Å². The molecular formula is C12H18N2O2. The van der Waals surface area contributed by atoms with Gasteiger partial charge in [0.15, 0.2) is 5.78 Å². The number of aliphatic hydroxyl groups is 1. The second-order valence-electron chi connectivity index (χ2n) is 3.89. The summed E-state index contributed by atoms with van der Waals surface area (Å²) in [5.74, 6) is 0.155. The maximum absolute atomic E-state index is 11.9. The summed E-state index contributed by atoms with van der Waals surface area (Å²) in [6.45, 7) is 3.60. The van der Waals surface area contributed by atoms with Crippen LogP contribution in [0.25, 0.3) is 0 Å². The molecule has 0 aliphatic carbocycles.